The Hall–Kier alpha value is -2.14. The van der Waals surface area contributed by atoms with Crippen molar-refractivity contribution >= 4 is 28.2 Å². The molecule has 0 saturated heterocycles. The summed E-state index contributed by atoms with van der Waals surface area (Å²) in [5, 5.41) is 6.06. The molecule has 2 rings (SSSR count). The standard InChI is InChI=1S/C16H18N2O2S/c1-9-6-5-7-12(8-9)14(19)18-16-13(15(20)17-4)10(2)11(3)21-16/h5-8H,1-4H3,(H,17,20)(H,18,19). The van der Waals surface area contributed by atoms with Crippen LogP contribution in [0, 0.1) is 20.8 Å². The van der Waals surface area contributed by atoms with E-state index in [2.05, 4.69) is 10.6 Å². The van der Waals surface area contributed by atoms with E-state index < -0.39 is 0 Å². The van der Waals surface area contributed by atoms with Gasteiger partial charge in [-0.3, -0.25) is 9.59 Å². The highest BCUT2D eigenvalue weighted by Crippen LogP contribution is 2.32. The Balaban J connectivity index is 2.34. The Morgan fingerprint density at radius 1 is 1.10 bits per heavy atom. The van der Waals surface area contributed by atoms with Gasteiger partial charge in [-0.2, -0.15) is 0 Å². The number of anilines is 1. The van der Waals surface area contributed by atoms with Gasteiger partial charge in [0, 0.05) is 17.5 Å². The molecule has 2 N–H and O–H groups in total. The molecular weight excluding hydrogens is 284 g/mol. The molecule has 0 fully saturated rings. The van der Waals surface area contributed by atoms with Gasteiger partial charge in [-0.25, -0.2) is 0 Å². The van der Waals surface area contributed by atoms with Crippen molar-refractivity contribution < 1.29 is 9.59 Å². The summed E-state index contributed by atoms with van der Waals surface area (Å²) in [5.41, 5.74) is 3.05. The van der Waals surface area contributed by atoms with Gasteiger partial charge in [0.05, 0.1) is 5.56 Å². The smallest absolute Gasteiger partial charge is 0.256 e. The van der Waals surface area contributed by atoms with Gasteiger partial charge in [0.15, 0.2) is 0 Å². The van der Waals surface area contributed by atoms with Crippen molar-refractivity contribution in [2.75, 3.05) is 12.4 Å². The summed E-state index contributed by atoms with van der Waals surface area (Å²) in [6, 6.07) is 7.36. The van der Waals surface area contributed by atoms with Crippen molar-refractivity contribution in [1.29, 1.82) is 0 Å². The number of thiophene rings is 1. The van der Waals surface area contributed by atoms with Crippen LogP contribution in [0.15, 0.2) is 24.3 Å². The SMILES string of the molecule is CNC(=O)c1c(NC(=O)c2cccc(C)c2)sc(C)c1C. The summed E-state index contributed by atoms with van der Waals surface area (Å²) in [6.07, 6.45) is 0. The van der Waals surface area contributed by atoms with Gasteiger partial charge in [-0.1, -0.05) is 17.7 Å². The number of carbonyl (C=O) groups excluding carboxylic acids is 2. The van der Waals surface area contributed by atoms with Crippen LogP contribution in [0.3, 0.4) is 0 Å². The number of hydrogen-bond donors (Lipinski definition) is 2. The zero-order chi connectivity index (χ0) is 15.6. The molecule has 2 amide bonds. The van der Waals surface area contributed by atoms with Crippen molar-refractivity contribution in [2.24, 2.45) is 0 Å². The molecule has 1 aromatic carbocycles. The maximum absolute atomic E-state index is 12.3. The van der Waals surface area contributed by atoms with Gasteiger partial charge in [0.1, 0.15) is 5.00 Å². The number of aryl methyl sites for hydroxylation is 2. The average molecular weight is 302 g/mol. The first kappa shape index (κ1) is 15.3. The molecule has 0 bridgehead atoms. The number of hydrogen-bond acceptors (Lipinski definition) is 3. The molecule has 1 heterocycles. The van der Waals surface area contributed by atoms with E-state index in [-0.39, 0.29) is 11.8 Å². The Morgan fingerprint density at radius 2 is 1.81 bits per heavy atom. The fourth-order valence-electron chi connectivity index (χ4n) is 2.08. The van der Waals surface area contributed by atoms with Crippen LogP contribution in [0.2, 0.25) is 0 Å². The lowest BCUT2D eigenvalue weighted by Gasteiger charge is -2.07. The molecule has 4 nitrogen and oxygen atoms in total. The summed E-state index contributed by atoms with van der Waals surface area (Å²) >= 11 is 1.42. The molecule has 0 saturated carbocycles. The number of amides is 2. The van der Waals surface area contributed by atoms with Crippen molar-refractivity contribution in [3.8, 4) is 0 Å². The number of carbonyl (C=O) groups is 2. The molecule has 110 valence electrons. The molecule has 0 aliphatic heterocycles. The van der Waals surface area contributed by atoms with E-state index in [1.807, 2.05) is 39.0 Å². The van der Waals surface area contributed by atoms with Crippen molar-refractivity contribution in [2.45, 2.75) is 20.8 Å². The first-order chi connectivity index (χ1) is 9.93. The molecule has 2 aromatic rings. The maximum atomic E-state index is 12.3. The summed E-state index contributed by atoms with van der Waals surface area (Å²) < 4.78 is 0. The summed E-state index contributed by atoms with van der Waals surface area (Å²) in [7, 11) is 1.58. The van der Waals surface area contributed by atoms with Crippen molar-refractivity contribution in [1.82, 2.24) is 5.32 Å². The average Bonchev–Trinajstić information content (AvgIpc) is 2.73. The maximum Gasteiger partial charge on any atom is 0.256 e. The zero-order valence-corrected chi connectivity index (χ0v) is 13.4. The minimum Gasteiger partial charge on any atom is -0.355 e. The lowest BCUT2D eigenvalue weighted by atomic mass is 10.1. The minimum atomic E-state index is -0.204. The van der Waals surface area contributed by atoms with Crippen LogP contribution in [-0.4, -0.2) is 18.9 Å². The molecule has 0 radical (unpaired) electrons. The fraction of sp³-hybridized carbons (Fsp3) is 0.250. The summed E-state index contributed by atoms with van der Waals surface area (Å²) in [4.78, 5) is 25.3. The molecule has 0 aliphatic rings. The number of rotatable bonds is 3. The molecule has 5 heteroatoms. The third-order valence-corrected chi connectivity index (χ3v) is 4.47. The van der Waals surface area contributed by atoms with Crippen LogP contribution >= 0.6 is 11.3 Å². The lowest BCUT2D eigenvalue weighted by Crippen LogP contribution is -2.21. The molecule has 21 heavy (non-hydrogen) atoms. The normalized spacial score (nSPS) is 10.3. The third kappa shape index (κ3) is 3.13. The van der Waals surface area contributed by atoms with Crippen molar-refractivity contribution in [3.63, 3.8) is 0 Å². The Kier molecular flexibility index (Phi) is 4.43. The van der Waals surface area contributed by atoms with Gasteiger partial charge in [-0.15, -0.1) is 11.3 Å². The fourth-order valence-corrected chi connectivity index (χ4v) is 3.13. The molecule has 0 spiro atoms. The van der Waals surface area contributed by atoms with E-state index in [1.165, 1.54) is 11.3 Å². The van der Waals surface area contributed by atoms with E-state index in [0.717, 1.165) is 16.0 Å². The molecule has 0 atom stereocenters. The monoisotopic (exact) mass is 302 g/mol. The third-order valence-electron chi connectivity index (χ3n) is 3.35. The Morgan fingerprint density at radius 3 is 2.43 bits per heavy atom. The topological polar surface area (TPSA) is 58.2 Å². The highest BCUT2D eigenvalue weighted by molar-refractivity contribution is 7.16. The van der Waals surface area contributed by atoms with E-state index in [0.29, 0.717) is 16.1 Å². The van der Waals surface area contributed by atoms with Crippen molar-refractivity contribution in [3.05, 3.63) is 51.4 Å². The van der Waals surface area contributed by atoms with Crippen LogP contribution in [0.1, 0.15) is 36.7 Å². The van der Waals surface area contributed by atoms with E-state index in [9.17, 15) is 9.59 Å². The van der Waals surface area contributed by atoms with Crippen LogP contribution in [0.25, 0.3) is 0 Å². The van der Waals surface area contributed by atoms with E-state index in [4.69, 9.17) is 0 Å². The number of nitrogens with one attached hydrogen (secondary N) is 2. The first-order valence-electron chi connectivity index (χ1n) is 6.64. The zero-order valence-electron chi connectivity index (χ0n) is 12.5. The summed E-state index contributed by atoms with van der Waals surface area (Å²) in [6.45, 7) is 5.76. The highest BCUT2D eigenvalue weighted by Gasteiger charge is 2.20. The highest BCUT2D eigenvalue weighted by atomic mass is 32.1. The van der Waals surface area contributed by atoms with Gasteiger partial charge >= 0.3 is 0 Å². The van der Waals surface area contributed by atoms with Gasteiger partial charge in [0.2, 0.25) is 0 Å². The van der Waals surface area contributed by atoms with Crippen LogP contribution in [0.5, 0.6) is 0 Å². The minimum absolute atomic E-state index is 0.184. The molecule has 0 unspecified atom stereocenters. The lowest BCUT2D eigenvalue weighted by molar-refractivity contribution is 0.0963. The van der Waals surface area contributed by atoms with Crippen LogP contribution in [-0.2, 0) is 0 Å². The largest absolute Gasteiger partial charge is 0.355 e. The molecule has 0 aliphatic carbocycles. The predicted octanol–water partition coefficient (Wildman–Crippen LogP) is 3.29. The quantitative estimate of drug-likeness (QED) is 0.914. The Bertz CT molecular complexity index is 704. The molecular formula is C16H18N2O2S. The Labute approximate surface area is 128 Å². The second-order valence-corrected chi connectivity index (χ2v) is 6.11. The summed E-state index contributed by atoms with van der Waals surface area (Å²) in [5.74, 6) is -0.388. The predicted molar refractivity (Wildman–Crippen MR) is 86.3 cm³/mol. The van der Waals surface area contributed by atoms with Gasteiger partial charge in [0.25, 0.3) is 11.8 Å². The second-order valence-electron chi connectivity index (χ2n) is 4.89. The van der Waals surface area contributed by atoms with E-state index in [1.54, 1.807) is 13.1 Å². The second kappa shape index (κ2) is 6.10. The van der Waals surface area contributed by atoms with E-state index >= 15 is 0 Å². The first-order valence-corrected chi connectivity index (χ1v) is 7.45. The number of benzene rings is 1. The van der Waals surface area contributed by atoms with Gasteiger partial charge < -0.3 is 10.6 Å². The molecule has 1 aromatic heterocycles. The van der Waals surface area contributed by atoms with Crippen LogP contribution < -0.4 is 10.6 Å². The van der Waals surface area contributed by atoms with Crippen LogP contribution in [0.4, 0.5) is 5.00 Å². The van der Waals surface area contributed by atoms with Gasteiger partial charge in [-0.05, 0) is 38.5 Å².